The molecule has 0 amide bonds. The lowest BCUT2D eigenvalue weighted by Gasteiger charge is -2.13. The van der Waals surface area contributed by atoms with Crippen molar-refractivity contribution in [2.24, 2.45) is 11.8 Å². The molecular formula is C17H32O4. The van der Waals surface area contributed by atoms with Gasteiger partial charge in [-0.05, 0) is 24.7 Å². The average Bonchev–Trinajstić information content (AvgIpc) is 2.48. The number of ether oxygens (including phenoxy) is 2. The maximum Gasteiger partial charge on any atom is 0.317 e. The molecule has 4 heteroatoms. The number of carbonyl (C=O) groups excluding carboxylic acids is 2. The summed E-state index contributed by atoms with van der Waals surface area (Å²) < 4.78 is 10.2. The van der Waals surface area contributed by atoms with Gasteiger partial charge in [-0.2, -0.15) is 0 Å². The summed E-state index contributed by atoms with van der Waals surface area (Å²) in [6.45, 7) is 9.32. The van der Waals surface area contributed by atoms with Crippen molar-refractivity contribution in [1.29, 1.82) is 0 Å². The molecule has 0 aromatic rings. The highest BCUT2D eigenvalue weighted by molar-refractivity contribution is 5.91. The van der Waals surface area contributed by atoms with Crippen LogP contribution in [-0.4, -0.2) is 25.2 Å². The van der Waals surface area contributed by atoms with Gasteiger partial charge in [-0.25, -0.2) is 0 Å². The minimum atomic E-state index is -0.478. The van der Waals surface area contributed by atoms with Crippen LogP contribution in [0.3, 0.4) is 0 Å². The summed E-state index contributed by atoms with van der Waals surface area (Å²) in [5.41, 5.74) is 0. The number of rotatable bonds is 12. The van der Waals surface area contributed by atoms with Crippen LogP contribution in [0.1, 0.15) is 72.6 Å². The summed E-state index contributed by atoms with van der Waals surface area (Å²) in [6, 6.07) is 0. The SMILES string of the molecule is CCC(CC)CCOC(=O)CC(=O)OCCC(CC)CC. The molecule has 124 valence electrons. The lowest BCUT2D eigenvalue weighted by molar-refractivity contribution is -0.154. The van der Waals surface area contributed by atoms with Crippen LogP contribution in [0.25, 0.3) is 0 Å². The zero-order valence-electron chi connectivity index (χ0n) is 14.2. The van der Waals surface area contributed by atoms with Gasteiger partial charge in [-0.1, -0.05) is 53.4 Å². The van der Waals surface area contributed by atoms with Crippen LogP contribution in [0.15, 0.2) is 0 Å². The maximum absolute atomic E-state index is 11.5. The van der Waals surface area contributed by atoms with E-state index in [2.05, 4.69) is 27.7 Å². The van der Waals surface area contributed by atoms with Crippen LogP contribution in [0.5, 0.6) is 0 Å². The molecule has 0 aromatic carbocycles. The second-order valence-electron chi connectivity index (χ2n) is 5.56. The number of esters is 2. The quantitative estimate of drug-likeness (QED) is 0.402. The standard InChI is InChI=1S/C17H32O4/c1-5-14(6-2)9-11-20-16(18)13-17(19)21-12-10-15(7-3)8-4/h14-15H,5-13H2,1-4H3. The van der Waals surface area contributed by atoms with E-state index in [-0.39, 0.29) is 6.42 Å². The Hall–Kier alpha value is -1.06. The van der Waals surface area contributed by atoms with Crippen molar-refractivity contribution >= 4 is 11.9 Å². The smallest absolute Gasteiger partial charge is 0.317 e. The molecular weight excluding hydrogens is 268 g/mol. The number of hydrogen-bond donors (Lipinski definition) is 0. The Kier molecular flexibility index (Phi) is 12.0. The van der Waals surface area contributed by atoms with Crippen LogP contribution >= 0.6 is 0 Å². The van der Waals surface area contributed by atoms with Crippen LogP contribution < -0.4 is 0 Å². The van der Waals surface area contributed by atoms with Gasteiger partial charge >= 0.3 is 11.9 Å². The normalized spacial score (nSPS) is 11.0. The second-order valence-corrected chi connectivity index (χ2v) is 5.56. The lowest BCUT2D eigenvalue weighted by Crippen LogP contribution is -2.16. The Bertz CT molecular complexity index is 253. The third-order valence-corrected chi connectivity index (χ3v) is 4.18. The molecule has 0 aromatic heterocycles. The molecule has 0 N–H and O–H groups in total. The summed E-state index contributed by atoms with van der Waals surface area (Å²) in [7, 11) is 0. The molecule has 0 fully saturated rings. The van der Waals surface area contributed by atoms with Gasteiger partial charge in [-0.3, -0.25) is 9.59 Å². The molecule has 21 heavy (non-hydrogen) atoms. The predicted octanol–water partition coefficient (Wildman–Crippen LogP) is 4.12. The molecule has 0 radical (unpaired) electrons. The fourth-order valence-electron chi connectivity index (χ4n) is 2.29. The highest BCUT2D eigenvalue weighted by atomic mass is 16.6. The van der Waals surface area contributed by atoms with Crippen LogP contribution in [0.4, 0.5) is 0 Å². The second kappa shape index (κ2) is 12.7. The molecule has 0 aliphatic rings. The Labute approximate surface area is 129 Å². The number of carbonyl (C=O) groups is 2. The molecule has 4 nitrogen and oxygen atoms in total. The highest BCUT2D eigenvalue weighted by Crippen LogP contribution is 2.13. The molecule has 0 atom stereocenters. The molecule has 0 rings (SSSR count). The topological polar surface area (TPSA) is 52.6 Å². The molecule has 0 bridgehead atoms. The molecule has 0 saturated heterocycles. The third-order valence-electron chi connectivity index (χ3n) is 4.18. The van der Waals surface area contributed by atoms with Crippen molar-refractivity contribution in [3.8, 4) is 0 Å². The van der Waals surface area contributed by atoms with Gasteiger partial charge in [0.1, 0.15) is 6.42 Å². The highest BCUT2D eigenvalue weighted by Gasteiger charge is 2.13. The lowest BCUT2D eigenvalue weighted by atomic mass is 10.0. The van der Waals surface area contributed by atoms with Gasteiger partial charge in [-0.15, -0.1) is 0 Å². The average molecular weight is 300 g/mol. The van der Waals surface area contributed by atoms with E-state index in [0.29, 0.717) is 25.0 Å². The van der Waals surface area contributed by atoms with Crippen molar-refractivity contribution in [2.75, 3.05) is 13.2 Å². The van der Waals surface area contributed by atoms with Gasteiger partial charge in [0.15, 0.2) is 0 Å². The summed E-state index contributed by atoms with van der Waals surface area (Å²) in [6.07, 6.45) is 5.81. The van der Waals surface area contributed by atoms with Crippen molar-refractivity contribution < 1.29 is 19.1 Å². The van der Waals surface area contributed by atoms with E-state index in [4.69, 9.17) is 9.47 Å². The van der Waals surface area contributed by atoms with Crippen LogP contribution in [-0.2, 0) is 19.1 Å². The van der Waals surface area contributed by atoms with E-state index < -0.39 is 11.9 Å². The van der Waals surface area contributed by atoms with E-state index >= 15 is 0 Å². The maximum atomic E-state index is 11.5. The Morgan fingerprint density at radius 3 is 1.33 bits per heavy atom. The first kappa shape index (κ1) is 19.9. The summed E-state index contributed by atoms with van der Waals surface area (Å²) in [4.78, 5) is 23.0. The molecule has 0 unspecified atom stereocenters. The fourth-order valence-corrected chi connectivity index (χ4v) is 2.29. The van der Waals surface area contributed by atoms with Gasteiger partial charge in [0, 0.05) is 0 Å². The third kappa shape index (κ3) is 10.3. The van der Waals surface area contributed by atoms with Gasteiger partial charge in [0.05, 0.1) is 13.2 Å². The number of hydrogen-bond acceptors (Lipinski definition) is 4. The van der Waals surface area contributed by atoms with Crippen molar-refractivity contribution in [3.05, 3.63) is 0 Å². The van der Waals surface area contributed by atoms with E-state index in [0.717, 1.165) is 38.5 Å². The Morgan fingerprint density at radius 2 is 1.05 bits per heavy atom. The van der Waals surface area contributed by atoms with Gasteiger partial charge in [0.2, 0.25) is 0 Å². The van der Waals surface area contributed by atoms with E-state index in [1.807, 2.05) is 0 Å². The molecule has 0 heterocycles. The summed E-state index contributed by atoms with van der Waals surface area (Å²) in [5.74, 6) is 0.219. The minimum Gasteiger partial charge on any atom is -0.465 e. The summed E-state index contributed by atoms with van der Waals surface area (Å²) in [5, 5.41) is 0. The Balaban J connectivity index is 3.72. The largest absolute Gasteiger partial charge is 0.465 e. The fraction of sp³-hybridized carbons (Fsp3) is 0.882. The zero-order chi connectivity index (χ0) is 16.1. The molecule has 0 saturated carbocycles. The molecule has 0 spiro atoms. The molecule has 0 aliphatic heterocycles. The van der Waals surface area contributed by atoms with Gasteiger partial charge < -0.3 is 9.47 Å². The van der Waals surface area contributed by atoms with Crippen molar-refractivity contribution in [1.82, 2.24) is 0 Å². The summed E-state index contributed by atoms with van der Waals surface area (Å²) >= 11 is 0. The van der Waals surface area contributed by atoms with Crippen molar-refractivity contribution in [2.45, 2.75) is 72.6 Å². The predicted molar refractivity (Wildman–Crippen MR) is 83.9 cm³/mol. The first-order chi connectivity index (χ1) is 10.1. The van der Waals surface area contributed by atoms with E-state index in [9.17, 15) is 9.59 Å². The van der Waals surface area contributed by atoms with Crippen LogP contribution in [0, 0.1) is 11.8 Å². The molecule has 0 aliphatic carbocycles. The first-order valence-electron chi connectivity index (χ1n) is 8.38. The van der Waals surface area contributed by atoms with Crippen LogP contribution in [0.2, 0.25) is 0 Å². The van der Waals surface area contributed by atoms with Crippen molar-refractivity contribution in [3.63, 3.8) is 0 Å². The van der Waals surface area contributed by atoms with E-state index in [1.165, 1.54) is 0 Å². The van der Waals surface area contributed by atoms with Gasteiger partial charge in [0.25, 0.3) is 0 Å². The van der Waals surface area contributed by atoms with E-state index in [1.54, 1.807) is 0 Å². The minimum absolute atomic E-state index is 0.272. The first-order valence-corrected chi connectivity index (χ1v) is 8.38. The zero-order valence-corrected chi connectivity index (χ0v) is 14.2. The monoisotopic (exact) mass is 300 g/mol. The Morgan fingerprint density at radius 1 is 0.714 bits per heavy atom.